The SMILES string of the molecule is CCCCCCOCC#CCOc1ccccc1CCC(=O)OCCCOP(=O)(O)OC[C@H](N)C(=O)O. The normalized spacial score (nSPS) is 13.2. The molecule has 0 aliphatic carbocycles. The lowest BCUT2D eigenvalue weighted by Gasteiger charge is -2.13. The first-order valence-corrected chi connectivity index (χ1v) is 13.7. The maximum Gasteiger partial charge on any atom is 0.472 e. The molecule has 0 spiro atoms. The predicted octanol–water partition coefficient (Wildman–Crippen LogP) is 3.08. The number of hydrogen-bond acceptors (Lipinski definition) is 9. The van der Waals surface area contributed by atoms with Crippen molar-refractivity contribution in [2.75, 3.05) is 39.6 Å². The highest BCUT2D eigenvalue weighted by Gasteiger charge is 2.24. The number of phosphoric acid groups is 1. The molecule has 0 fully saturated rings. The fraction of sp³-hybridized carbons (Fsp3) is 0.600. The number of esters is 1. The molecule has 11 nitrogen and oxygen atoms in total. The predicted molar refractivity (Wildman–Crippen MR) is 136 cm³/mol. The van der Waals surface area contributed by atoms with Gasteiger partial charge in [0, 0.05) is 19.4 Å². The van der Waals surface area contributed by atoms with Gasteiger partial charge in [-0.2, -0.15) is 0 Å². The lowest BCUT2D eigenvalue weighted by Crippen LogP contribution is -2.34. The quantitative estimate of drug-likeness (QED) is 0.0958. The number of aryl methyl sites for hydroxylation is 1. The van der Waals surface area contributed by atoms with Gasteiger partial charge in [-0.3, -0.25) is 18.6 Å². The Morgan fingerprint density at radius 3 is 2.54 bits per heavy atom. The molecule has 0 amide bonds. The number of hydrogen-bond donors (Lipinski definition) is 3. The molecule has 1 rings (SSSR count). The monoisotopic (exact) mass is 543 g/mol. The van der Waals surface area contributed by atoms with E-state index < -0.39 is 32.4 Å². The topological polar surface area (TPSA) is 164 Å². The van der Waals surface area contributed by atoms with Gasteiger partial charge in [0.1, 0.15) is 25.0 Å². The molecule has 0 saturated heterocycles. The first-order chi connectivity index (χ1) is 17.7. The summed E-state index contributed by atoms with van der Waals surface area (Å²) in [6.07, 6.45) is 5.29. The maximum atomic E-state index is 12.0. The summed E-state index contributed by atoms with van der Waals surface area (Å²) in [7, 11) is -4.45. The number of carboxylic acids is 1. The van der Waals surface area contributed by atoms with E-state index in [1.807, 2.05) is 24.3 Å². The summed E-state index contributed by atoms with van der Waals surface area (Å²) in [4.78, 5) is 32.1. The first kappa shape index (κ1) is 32.6. The third kappa shape index (κ3) is 16.8. The number of para-hydroxylation sites is 1. The molecule has 0 heterocycles. The zero-order valence-electron chi connectivity index (χ0n) is 21.3. The lowest BCUT2D eigenvalue weighted by atomic mass is 10.1. The largest absolute Gasteiger partial charge is 0.481 e. The van der Waals surface area contributed by atoms with E-state index >= 15 is 0 Å². The number of carbonyl (C=O) groups excluding carboxylic acids is 1. The fourth-order valence-electron chi connectivity index (χ4n) is 2.84. The Morgan fingerprint density at radius 2 is 1.78 bits per heavy atom. The average Bonchev–Trinajstić information content (AvgIpc) is 2.87. The molecule has 208 valence electrons. The van der Waals surface area contributed by atoms with Crippen LogP contribution in [0, 0.1) is 11.8 Å². The van der Waals surface area contributed by atoms with Crippen molar-refractivity contribution in [2.45, 2.75) is 57.9 Å². The first-order valence-electron chi connectivity index (χ1n) is 12.2. The van der Waals surface area contributed by atoms with Gasteiger partial charge in [-0.05, 0) is 24.5 Å². The molecule has 1 aromatic carbocycles. The highest BCUT2D eigenvalue weighted by Crippen LogP contribution is 2.43. The van der Waals surface area contributed by atoms with E-state index in [0.717, 1.165) is 12.0 Å². The van der Waals surface area contributed by atoms with Crippen LogP contribution in [0.3, 0.4) is 0 Å². The lowest BCUT2D eigenvalue weighted by molar-refractivity contribution is -0.143. The van der Waals surface area contributed by atoms with Gasteiger partial charge in [-0.15, -0.1) is 0 Å². The second-order valence-corrected chi connectivity index (χ2v) is 9.43. The van der Waals surface area contributed by atoms with Crippen LogP contribution >= 0.6 is 7.82 Å². The van der Waals surface area contributed by atoms with Crippen LogP contribution < -0.4 is 10.5 Å². The van der Waals surface area contributed by atoms with Gasteiger partial charge >= 0.3 is 19.8 Å². The number of unbranched alkanes of at least 4 members (excludes halogenated alkanes) is 3. The van der Waals surface area contributed by atoms with Crippen LogP contribution in [0.15, 0.2) is 24.3 Å². The van der Waals surface area contributed by atoms with E-state index in [-0.39, 0.29) is 32.7 Å². The van der Waals surface area contributed by atoms with Gasteiger partial charge in [-0.1, -0.05) is 56.2 Å². The van der Waals surface area contributed by atoms with Crippen molar-refractivity contribution >= 4 is 19.8 Å². The van der Waals surface area contributed by atoms with Crippen molar-refractivity contribution < 1.29 is 47.4 Å². The van der Waals surface area contributed by atoms with E-state index in [2.05, 4.69) is 27.8 Å². The number of rotatable bonds is 20. The molecule has 0 aromatic heterocycles. The highest BCUT2D eigenvalue weighted by molar-refractivity contribution is 7.47. The molecule has 4 N–H and O–H groups in total. The Labute approximate surface area is 218 Å². The van der Waals surface area contributed by atoms with E-state index in [0.29, 0.717) is 25.4 Å². The summed E-state index contributed by atoms with van der Waals surface area (Å²) >= 11 is 0. The smallest absolute Gasteiger partial charge is 0.472 e. The van der Waals surface area contributed by atoms with Crippen LogP contribution in [0.4, 0.5) is 0 Å². The Kier molecular flexibility index (Phi) is 17.3. The van der Waals surface area contributed by atoms with Gasteiger partial charge in [0.25, 0.3) is 0 Å². The molecule has 1 aromatic rings. The standard InChI is InChI=1S/C25H38NO10P/c1-2-3-4-7-15-32-16-8-9-17-33-23-12-6-5-11-21(23)13-14-24(27)34-18-10-19-35-37(30,31)36-20-22(26)25(28)29/h5-6,11-12,22H,2-4,7,10,13-20,26H2,1H3,(H,28,29)(H,30,31)/t22-/m0/s1. The Hall–Kier alpha value is -2.45. The third-order valence-corrected chi connectivity index (χ3v) is 5.84. The Morgan fingerprint density at radius 1 is 1.03 bits per heavy atom. The van der Waals surface area contributed by atoms with Crippen molar-refractivity contribution in [1.29, 1.82) is 0 Å². The molecule has 12 heteroatoms. The van der Waals surface area contributed by atoms with Gasteiger partial charge in [0.2, 0.25) is 0 Å². The van der Waals surface area contributed by atoms with E-state index in [9.17, 15) is 19.0 Å². The molecular weight excluding hydrogens is 505 g/mol. The van der Waals surface area contributed by atoms with Crippen LogP contribution in [-0.2, 0) is 39.1 Å². The minimum atomic E-state index is -4.45. The number of ether oxygens (including phenoxy) is 3. The van der Waals surface area contributed by atoms with Gasteiger partial charge < -0.3 is 29.9 Å². The Bertz CT molecular complexity index is 914. The number of nitrogens with two attached hydrogens (primary N) is 1. The summed E-state index contributed by atoms with van der Waals surface area (Å²) in [5, 5.41) is 8.63. The van der Waals surface area contributed by atoms with Crippen LogP contribution in [0.1, 0.15) is 51.0 Å². The molecule has 0 bridgehead atoms. The minimum absolute atomic E-state index is 0.0259. The number of benzene rings is 1. The molecule has 0 aliphatic heterocycles. The molecule has 1 unspecified atom stereocenters. The van der Waals surface area contributed by atoms with Crippen molar-refractivity contribution in [3.63, 3.8) is 0 Å². The zero-order valence-corrected chi connectivity index (χ0v) is 22.2. The second-order valence-electron chi connectivity index (χ2n) is 7.98. The third-order valence-electron chi connectivity index (χ3n) is 4.85. The maximum absolute atomic E-state index is 12.0. The molecule has 2 atom stereocenters. The molecular formula is C25H38NO10P. The number of phosphoric ester groups is 1. The Balaban J connectivity index is 2.24. The highest BCUT2D eigenvalue weighted by atomic mass is 31.2. The van der Waals surface area contributed by atoms with Crippen molar-refractivity contribution in [2.24, 2.45) is 5.73 Å². The molecule has 0 radical (unpaired) electrons. The van der Waals surface area contributed by atoms with E-state index in [4.69, 9.17) is 25.1 Å². The molecule has 0 aliphatic rings. The summed E-state index contributed by atoms with van der Waals surface area (Å²) in [6, 6.07) is 5.91. The molecule has 0 saturated carbocycles. The minimum Gasteiger partial charge on any atom is -0.481 e. The van der Waals surface area contributed by atoms with E-state index in [1.165, 1.54) is 19.3 Å². The summed E-state index contributed by atoms with van der Waals surface area (Å²) < 4.78 is 37.1. The zero-order chi connectivity index (χ0) is 27.4. The number of aliphatic carboxylic acids is 1. The van der Waals surface area contributed by atoms with Crippen LogP contribution in [0.2, 0.25) is 0 Å². The van der Waals surface area contributed by atoms with Crippen molar-refractivity contribution in [3.05, 3.63) is 29.8 Å². The summed E-state index contributed by atoms with van der Waals surface area (Å²) in [5.74, 6) is 4.66. The van der Waals surface area contributed by atoms with Gasteiger partial charge in [0.15, 0.2) is 0 Å². The fourth-order valence-corrected chi connectivity index (χ4v) is 3.62. The summed E-state index contributed by atoms with van der Waals surface area (Å²) in [6.45, 7) is 2.52. The number of carboxylic acid groups (broad SMARTS) is 1. The van der Waals surface area contributed by atoms with Crippen LogP contribution in [0.25, 0.3) is 0 Å². The van der Waals surface area contributed by atoms with Crippen LogP contribution in [-0.4, -0.2) is 67.6 Å². The number of carbonyl (C=O) groups is 2. The second kappa shape index (κ2) is 19.6. The summed E-state index contributed by atoms with van der Waals surface area (Å²) in [5.41, 5.74) is 6.03. The molecule has 37 heavy (non-hydrogen) atoms. The van der Waals surface area contributed by atoms with Crippen molar-refractivity contribution in [3.8, 4) is 17.6 Å². The van der Waals surface area contributed by atoms with Crippen molar-refractivity contribution in [1.82, 2.24) is 0 Å². The van der Waals surface area contributed by atoms with E-state index in [1.54, 1.807) is 0 Å². The van der Waals surface area contributed by atoms with Gasteiger partial charge in [0.05, 0.1) is 19.8 Å². The average molecular weight is 544 g/mol. The van der Waals surface area contributed by atoms with Crippen LogP contribution in [0.5, 0.6) is 5.75 Å². The van der Waals surface area contributed by atoms with Gasteiger partial charge in [-0.25, -0.2) is 4.57 Å².